The highest BCUT2D eigenvalue weighted by Gasteiger charge is 2.59. The van der Waals surface area contributed by atoms with Crippen molar-refractivity contribution in [3.05, 3.63) is 42.0 Å². The summed E-state index contributed by atoms with van der Waals surface area (Å²) >= 11 is 0. The molecular formula is C17H15NO4. The molecule has 0 unspecified atom stereocenters. The van der Waals surface area contributed by atoms with Gasteiger partial charge in [0.2, 0.25) is 11.8 Å². The molecule has 5 nitrogen and oxygen atoms in total. The number of amides is 2. The lowest BCUT2D eigenvalue weighted by Crippen LogP contribution is -2.33. The predicted molar refractivity (Wildman–Crippen MR) is 78.0 cm³/mol. The Bertz CT molecular complexity index is 693. The second-order valence-electron chi connectivity index (χ2n) is 6.05. The monoisotopic (exact) mass is 297 g/mol. The van der Waals surface area contributed by atoms with Gasteiger partial charge in [-0.2, -0.15) is 0 Å². The minimum Gasteiger partial charge on any atom is -0.465 e. The van der Waals surface area contributed by atoms with Crippen molar-refractivity contribution in [3.63, 3.8) is 0 Å². The molecule has 2 aliphatic carbocycles. The van der Waals surface area contributed by atoms with E-state index in [2.05, 4.69) is 16.9 Å². The molecule has 0 aromatic heterocycles. The van der Waals surface area contributed by atoms with Crippen molar-refractivity contribution in [2.75, 3.05) is 12.0 Å². The molecule has 22 heavy (non-hydrogen) atoms. The molecule has 1 aromatic rings. The van der Waals surface area contributed by atoms with Crippen LogP contribution in [0.2, 0.25) is 0 Å². The van der Waals surface area contributed by atoms with Gasteiger partial charge in [-0.15, -0.1) is 0 Å². The molecule has 1 aliphatic heterocycles. The van der Waals surface area contributed by atoms with Gasteiger partial charge in [-0.3, -0.25) is 9.59 Å². The third kappa shape index (κ3) is 1.62. The Morgan fingerprint density at radius 1 is 1.14 bits per heavy atom. The number of esters is 1. The van der Waals surface area contributed by atoms with Gasteiger partial charge in [-0.05, 0) is 36.5 Å². The summed E-state index contributed by atoms with van der Waals surface area (Å²) in [5.74, 6) is -0.875. The van der Waals surface area contributed by atoms with Crippen molar-refractivity contribution in [1.82, 2.24) is 0 Å². The number of carbonyl (C=O) groups excluding carboxylic acids is 3. The van der Waals surface area contributed by atoms with Crippen LogP contribution in [-0.4, -0.2) is 24.9 Å². The van der Waals surface area contributed by atoms with Crippen molar-refractivity contribution in [2.45, 2.75) is 6.42 Å². The van der Waals surface area contributed by atoms with Gasteiger partial charge in [0.15, 0.2) is 0 Å². The molecule has 1 aromatic carbocycles. The van der Waals surface area contributed by atoms with E-state index in [9.17, 15) is 14.4 Å². The van der Waals surface area contributed by atoms with E-state index in [1.807, 2.05) is 0 Å². The number of nitrogens with zero attached hydrogens (tertiary/aromatic N) is 1. The minimum atomic E-state index is -0.483. The number of hydrogen-bond donors (Lipinski definition) is 0. The van der Waals surface area contributed by atoms with E-state index in [-0.39, 0.29) is 35.5 Å². The number of allylic oxidation sites excluding steroid dienone is 2. The third-order valence-electron chi connectivity index (χ3n) is 5.00. The number of ether oxygens (including phenoxy) is 1. The number of hydrogen-bond acceptors (Lipinski definition) is 4. The van der Waals surface area contributed by atoms with Crippen LogP contribution >= 0.6 is 0 Å². The summed E-state index contributed by atoms with van der Waals surface area (Å²) in [5, 5.41) is 0. The smallest absolute Gasteiger partial charge is 0.337 e. The van der Waals surface area contributed by atoms with E-state index in [1.165, 1.54) is 18.1 Å². The molecule has 2 fully saturated rings. The summed E-state index contributed by atoms with van der Waals surface area (Å²) in [6.07, 6.45) is 5.03. The van der Waals surface area contributed by atoms with Crippen molar-refractivity contribution < 1.29 is 19.1 Å². The average molecular weight is 297 g/mol. The number of fused-ring (bicyclic) bond motifs is 5. The van der Waals surface area contributed by atoms with Crippen LogP contribution in [0.1, 0.15) is 16.8 Å². The zero-order valence-electron chi connectivity index (χ0n) is 12.1. The molecular weight excluding hydrogens is 282 g/mol. The van der Waals surface area contributed by atoms with E-state index < -0.39 is 5.97 Å². The number of rotatable bonds is 2. The normalized spacial score (nSPS) is 31.8. The second-order valence-corrected chi connectivity index (χ2v) is 6.05. The highest BCUT2D eigenvalue weighted by Crippen LogP contribution is 2.53. The first-order valence-electron chi connectivity index (χ1n) is 7.36. The molecule has 5 heteroatoms. The standard InChI is InChI=1S/C17H15NO4/c1-22-17(21)11-3-2-4-12(8-11)18-15(19)13-9-5-6-10(7-9)14(13)16(18)20/h2-6,8-10,13-14H,7H2,1H3/t9-,10-,13-,14-/m0/s1. The van der Waals surface area contributed by atoms with Gasteiger partial charge in [0.1, 0.15) is 0 Å². The van der Waals surface area contributed by atoms with Crippen LogP contribution in [0.4, 0.5) is 5.69 Å². The van der Waals surface area contributed by atoms with Crippen LogP contribution in [0.3, 0.4) is 0 Å². The zero-order chi connectivity index (χ0) is 15.4. The number of anilines is 1. The van der Waals surface area contributed by atoms with Gasteiger partial charge in [-0.25, -0.2) is 9.69 Å². The summed E-state index contributed by atoms with van der Waals surface area (Å²) in [5.41, 5.74) is 0.783. The van der Waals surface area contributed by atoms with E-state index in [4.69, 9.17) is 0 Å². The fourth-order valence-corrected chi connectivity index (χ4v) is 4.05. The van der Waals surface area contributed by atoms with E-state index in [0.29, 0.717) is 11.3 Å². The van der Waals surface area contributed by atoms with E-state index in [0.717, 1.165) is 6.42 Å². The van der Waals surface area contributed by atoms with Crippen molar-refractivity contribution >= 4 is 23.5 Å². The first-order chi connectivity index (χ1) is 10.6. The third-order valence-corrected chi connectivity index (χ3v) is 5.00. The van der Waals surface area contributed by atoms with Gasteiger partial charge in [-0.1, -0.05) is 18.2 Å². The molecule has 3 aliphatic rings. The molecule has 1 saturated heterocycles. The van der Waals surface area contributed by atoms with Gasteiger partial charge in [0, 0.05) is 0 Å². The molecule has 1 saturated carbocycles. The summed E-state index contributed by atoms with van der Waals surface area (Å²) in [6.45, 7) is 0. The zero-order valence-corrected chi connectivity index (χ0v) is 12.1. The summed E-state index contributed by atoms with van der Waals surface area (Å²) in [7, 11) is 1.30. The lowest BCUT2D eigenvalue weighted by Gasteiger charge is -2.17. The van der Waals surface area contributed by atoms with Gasteiger partial charge in [0.05, 0.1) is 30.2 Å². The molecule has 4 rings (SSSR count). The average Bonchev–Trinajstić information content (AvgIpc) is 3.21. The van der Waals surface area contributed by atoms with Crippen LogP contribution in [0.5, 0.6) is 0 Å². The number of benzene rings is 1. The van der Waals surface area contributed by atoms with Crippen LogP contribution in [0.15, 0.2) is 36.4 Å². The Morgan fingerprint density at radius 3 is 2.36 bits per heavy atom. The number of methoxy groups -OCH3 is 1. The summed E-state index contributed by atoms with van der Waals surface area (Å²) in [6, 6.07) is 6.48. The molecule has 2 bridgehead atoms. The SMILES string of the molecule is COC(=O)c1cccc(N2C(=O)[C@@H]3[C@@H](C2=O)[C@H]2C=C[C@H]3C2)c1. The largest absolute Gasteiger partial charge is 0.465 e. The molecule has 0 spiro atoms. The van der Waals surface area contributed by atoms with E-state index in [1.54, 1.807) is 18.2 Å². The maximum Gasteiger partial charge on any atom is 0.337 e. The van der Waals surface area contributed by atoms with Gasteiger partial charge < -0.3 is 4.74 Å². The number of carbonyl (C=O) groups is 3. The van der Waals surface area contributed by atoms with E-state index >= 15 is 0 Å². The summed E-state index contributed by atoms with van der Waals surface area (Å²) < 4.78 is 4.69. The Balaban J connectivity index is 1.71. The minimum absolute atomic E-state index is 0.145. The Morgan fingerprint density at radius 2 is 1.77 bits per heavy atom. The van der Waals surface area contributed by atoms with Crippen molar-refractivity contribution in [3.8, 4) is 0 Å². The molecule has 0 radical (unpaired) electrons. The summed E-state index contributed by atoms with van der Waals surface area (Å²) in [4.78, 5) is 38.3. The Kier molecular flexibility index (Phi) is 2.73. The fraction of sp³-hybridized carbons (Fsp3) is 0.353. The maximum atomic E-state index is 12.7. The maximum absolute atomic E-state index is 12.7. The van der Waals surface area contributed by atoms with Crippen molar-refractivity contribution in [2.24, 2.45) is 23.7 Å². The molecule has 112 valence electrons. The van der Waals surface area contributed by atoms with Crippen LogP contribution in [0.25, 0.3) is 0 Å². The topological polar surface area (TPSA) is 63.7 Å². The fourth-order valence-electron chi connectivity index (χ4n) is 4.05. The second kappa shape index (κ2) is 4.53. The van der Waals surface area contributed by atoms with Crippen LogP contribution in [0, 0.1) is 23.7 Å². The Hall–Kier alpha value is -2.43. The quantitative estimate of drug-likeness (QED) is 0.474. The first kappa shape index (κ1) is 13.2. The van der Waals surface area contributed by atoms with Crippen LogP contribution in [-0.2, 0) is 14.3 Å². The first-order valence-corrected chi connectivity index (χ1v) is 7.36. The number of imide groups is 1. The van der Waals surface area contributed by atoms with Gasteiger partial charge >= 0.3 is 5.97 Å². The van der Waals surface area contributed by atoms with Crippen molar-refractivity contribution in [1.29, 1.82) is 0 Å². The predicted octanol–water partition coefficient (Wildman–Crippen LogP) is 1.78. The van der Waals surface area contributed by atoms with Gasteiger partial charge in [0.25, 0.3) is 0 Å². The molecule has 0 N–H and O–H groups in total. The molecule has 1 heterocycles. The van der Waals surface area contributed by atoms with Crippen LogP contribution < -0.4 is 4.90 Å². The Labute approximate surface area is 127 Å². The lowest BCUT2D eigenvalue weighted by molar-refractivity contribution is -0.123. The highest BCUT2D eigenvalue weighted by molar-refractivity contribution is 6.23. The molecule has 4 atom stereocenters. The lowest BCUT2D eigenvalue weighted by atomic mass is 9.85. The highest BCUT2D eigenvalue weighted by atomic mass is 16.5. The molecule has 2 amide bonds.